The molecule has 0 saturated heterocycles. The molecule has 0 atom stereocenters. The molecule has 0 aliphatic carbocycles. The van der Waals surface area contributed by atoms with Crippen molar-refractivity contribution < 1.29 is 13.2 Å². The van der Waals surface area contributed by atoms with Crippen molar-refractivity contribution in [1.82, 2.24) is 4.98 Å². The van der Waals surface area contributed by atoms with Crippen molar-refractivity contribution in [1.29, 1.82) is 5.26 Å². The minimum absolute atomic E-state index is 0.224. The fourth-order valence-electron chi connectivity index (χ4n) is 1.57. The van der Waals surface area contributed by atoms with E-state index in [4.69, 9.17) is 5.26 Å². The lowest BCUT2D eigenvalue weighted by Gasteiger charge is -2.00. The number of carbonyl (C=O) groups is 1. The van der Waals surface area contributed by atoms with E-state index < -0.39 is 15.7 Å². The summed E-state index contributed by atoms with van der Waals surface area (Å²) < 4.78 is 22.8. The molecule has 2 aromatic rings. The molecule has 1 heterocycles. The summed E-state index contributed by atoms with van der Waals surface area (Å²) >= 11 is 1.24. The monoisotopic (exact) mass is 321 g/mol. The second-order valence-corrected chi connectivity index (χ2v) is 7.09. The maximum Gasteiger partial charge on any atom is 0.240 e. The number of aromatic nitrogens is 1. The summed E-state index contributed by atoms with van der Waals surface area (Å²) in [6.07, 6.45) is 0.922. The number of hydrogen-bond donors (Lipinski definition) is 1. The van der Waals surface area contributed by atoms with E-state index in [-0.39, 0.29) is 11.3 Å². The Labute approximate surface area is 126 Å². The number of anilines is 1. The van der Waals surface area contributed by atoms with Crippen LogP contribution in [0.2, 0.25) is 0 Å². The van der Waals surface area contributed by atoms with Crippen LogP contribution < -0.4 is 5.32 Å². The van der Waals surface area contributed by atoms with Gasteiger partial charge in [-0.3, -0.25) is 4.79 Å². The molecule has 108 valence electrons. The highest BCUT2D eigenvalue weighted by atomic mass is 32.2. The maximum atomic E-state index is 11.4. The van der Waals surface area contributed by atoms with E-state index in [0.29, 0.717) is 10.8 Å². The molecule has 0 fully saturated rings. The van der Waals surface area contributed by atoms with Gasteiger partial charge in [0.15, 0.2) is 15.0 Å². The molecule has 0 saturated carbocycles. The lowest BCUT2D eigenvalue weighted by atomic mass is 10.2. The van der Waals surface area contributed by atoms with Crippen LogP contribution in [0.5, 0.6) is 0 Å². The topological polar surface area (TPSA) is 99.9 Å². The van der Waals surface area contributed by atoms with Crippen LogP contribution in [0.4, 0.5) is 5.13 Å². The molecule has 1 amide bonds. The Kier molecular flexibility index (Phi) is 4.35. The first-order chi connectivity index (χ1) is 9.90. The Hall–Kier alpha value is -2.24. The highest BCUT2D eigenvalue weighted by Crippen LogP contribution is 2.25. The van der Waals surface area contributed by atoms with Crippen molar-refractivity contribution in [3.05, 3.63) is 29.6 Å². The van der Waals surface area contributed by atoms with Gasteiger partial charge < -0.3 is 5.32 Å². The molecule has 8 heteroatoms. The van der Waals surface area contributed by atoms with E-state index in [2.05, 4.69) is 10.3 Å². The Morgan fingerprint density at radius 2 is 2.05 bits per heavy atom. The fraction of sp³-hybridized carbons (Fsp3) is 0.154. The van der Waals surface area contributed by atoms with Gasteiger partial charge in [-0.2, -0.15) is 5.26 Å². The second kappa shape index (κ2) is 6.03. The van der Waals surface area contributed by atoms with Gasteiger partial charge in [-0.15, -0.1) is 11.3 Å². The third kappa shape index (κ3) is 3.87. The smallest absolute Gasteiger partial charge is 0.240 e. The second-order valence-electron chi connectivity index (χ2n) is 4.22. The normalized spacial score (nSPS) is 10.9. The van der Waals surface area contributed by atoms with E-state index >= 15 is 0 Å². The molecule has 21 heavy (non-hydrogen) atoms. The molecule has 0 spiro atoms. The van der Waals surface area contributed by atoms with Gasteiger partial charge in [0.2, 0.25) is 5.91 Å². The third-order valence-electron chi connectivity index (χ3n) is 2.57. The van der Waals surface area contributed by atoms with Crippen molar-refractivity contribution in [3.63, 3.8) is 0 Å². The highest BCUT2D eigenvalue weighted by Gasteiger charge is 2.10. The molecular weight excluding hydrogens is 310 g/mol. The summed E-state index contributed by atoms with van der Waals surface area (Å²) in [7, 11) is -3.22. The number of rotatable bonds is 4. The van der Waals surface area contributed by atoms with Crippen molar-refractivity contribution >= 4 is 32.2 Å². The molecule has 1 aromatic heterocycles. The van der Waals surface area contributed by atoms with Gasteiger partial charge in [-0.25, -0.2) is 13.4 Å². The average molecular weight is 321 g/mol. The zero-order valence-electron chi connectivity index (χ0n) is 11.0. The largest absolute Gasteiger partial charge is 0.301 e. The van der Waals surface area contributed by atoms with Crippen molar-refractivity contribution in [2.24, 2.45) is 0 Å². The lowest BCUT2D eigenvalue weighted by molar-refractivity contribution is -0.115. The van der Waals surface area contributed by atoms with Crippen molar-refractivity contribution in [3.8, 4) is 17.3 Å². The summed E-state index contributed by atoms with van der Waals surface area (Å²) in [5, 5.41) is 13.1. The molecule has 1 aromatic carbocycles. The molecule has 0 aliphatic rings. The van der Waals surface area contributed by atoms with E-state index in [0.717, 1.165) is 11.8 Å². The van der Waals surface area contributed by atoms with Gasteiger partial charge in [0.25, 0.3) is 0 Å². The molecule has 0 unspecified atom stereocenters. The fourth-order valence-corrected chi connectivity index (χ4v) is 2.94. The van der Waals surface area contributed by atoms with Crippen molar-refractivity contribution in [2.75, 3.05) is 11.6 Å². The van der Waals surface area contributed by atoms with Gasteiger partial charge in [0.05, 0.1) is 16.7 Å². The predicted molar refractivity (Wildman–Crippen MR) is 79.5 cm³/mol. The van der Waals surface area contributed by atoms with Gasteiger partial charge in [-0.1, -0.05) is 12.1 Å². The minimum atomic E-state index is -3.22. The summed E-state index contributed by atoms with van der Waals surface area (Å²) in [5.41, 5.74) is 1.38. The van der Waals surface area contributed by atoms with Gasteiger partial charge in [0.1, 0.15) is 6.42 Å². The SMILES string of the molecule is CS(=O)(=O)c1ccc(-c2csc(NC(=O)CC#N)n2)cc1. The third-order valence-corrected chi connectivity index (χ3v) is 4.45. The quantitative estimate of drug-likeness (QED) is 0.929. The lowest BCUT2D eigenvalue weighted by Crippen LogP contribution is -2.09. The number of nitrogens with zero attached hydrogens (tertiary/aromatic N) is 2. The minimum Gasteiger partial charge on any atom is -0.301 e. The van der Waals surface area contributed by atoms with Crippen LogP contribution in [-0.2, 0) is 14.6 Å². The number of hydrogen-bond acceptors (Lipinski definition) is 6. The van der Waals surface area contributed by atoms with Gasteiger partial charge >= 0.3 is 0 Å². The molecule has 6 nitrogen and oxygen atoms in total. The number of benzene rings is 1. The zero-order valence-corrected chi connectivity index (χ0v) is 12.7. The molecule has 0 radical (unpaired) electrons. The number of nitriles is 1. The maximum absolute atomic E-state index is 11.4. The molecule has 1 N–H and O–H groups in total. The molecule has 0 aliphatic heterocycles. The van der Waals surface area contributed by atoms with Gasteiger partial charge in [-0.05, 0) is 12.1 Å². The zero-order chi connectivity index (χ0) is 15.5. The summed E-state index contributed by atoms with van der Waals surface area (Å²) in [4.78, 5) is 15.7. The van der Waals surface area contributed by atoms with E-state index in [1.165, 1.54) is 23.5 Å². The first-order valence-corrected chi connectivity index (χ1v) is 8.60. The van der Waals surface area contributed by atoms with Crippen molar-refractivity contribution in [2.45, 2.75) is 11.3 Å². The number of thiazole rings is 1. The molecule has 2 rings (SSSR count). The van der Waals surface area contributed by atoms with Crippen LogP contribution in [0, 0.1) is 11.3 Å². The number of sulfone groups is 1. The van der Waals surface area contributed by atoms with Crippen LogP contribution in [0.15, 0.2) is 34.5 Å². The Morgan fingerprint density at radius 3 is 2.62 bits per heavy atom. The first kappa shape index (κ1) is 15.2. The van der Waals surface area contributed by atoms with E-state index in [1.54, 1.807) is 23.6 Å². The first-order valence-electron chi connectivity index (χ1n) is 5.83. The number of amides is 1. The van der Waals surface area contributed by atoms with Crippen LogP contribution in [0.1, 0.15) is 6.42 Å². The number of nitrogens with one attached hydrogen (secondary N) is 1. The van der Waals surface area contributed by atoms with Crippen LogP contribution in [-0.4, -0.2) is 25.6 Å². The molecular formula is C13H11N3O3S2. The van der Waals surface area contributed by atoms with Crippen LogP contribution >= 0.6 is 11.3 Å². The summed E-state index contributed by atoms with van der Waals surface area (Å²) in [6, 6.07) is 8.10. The standard InChI is InChI=1S/C13H11N3O3S2/c1-21(18,19)10-4-2-9(3-5-10)11-8-20-13(15-11)16-12(17)6-7-14/h2-5,8H,6H2,1H3,(H,15,16,17). The number of carbonyl (C=O) groups excluding carboxylic acids is 1. The van der Waals surface area contributed by atoms with Crippen LogP contribution in [0.3, 0.4) is 0 Å². The summed E-state index contributed by atoms with van der Waals surface area (Å²) in [6.45, 7) is 0. The Balaban J connectivity index is 2.18. The Bertz CT molecular complexity index is 802. The predicted octanol–water partition coefficient (Wildman–Crippen LogP) is 2.07. The van der Waals surface area contributed by atoms with E-state index in [1.807, 2.05) is 0 Å². The molecule has 0 bridgehead atoms. The van der Waals surface area contributed by atoms with Crippen LogP contribution in [0.25, 0.3) is 11.3 Å². The summed E-state index contributed by atoms with van der Waals surface area (Å²) in [5.74, 6) is -0.411. The Morgan fingerprint density at radius 1 is 1.38 bits per heavy atom. The highest BCUT2D eigenvalue weighted by molar-refractivity contribution is 7.90. The van der Waals surface area contributed by atoms with Gasteiger partial charge in [0, 0.05) is 17.2 Å². The van der Waals surface area contributed by atoms with E-state index in [9.17, 15) is 13.2 Å². The average Bonchev–Trinajstić information content (AvgIpc) is 2.86.